The third-order valence-electron chi connectivity index (χ3n) is 6.93. The number of fused-ring (bicyclic) bond motifs is 1. The van der Waals surface area contributed by atoms with E-state index in [0.717, 1.165) is 57.9 Å². The van der Waals surface area contributed by atoms with Gasteiger partial charge < -0.3 is 29.7 Å². The van der Waals surface area contributed by atoms with Gasteiger partial charge in [0.25, 0.3) is 5.91 Å². The van der Waals surface area contributed by atoms with Crippen LogP contribution in [0, 0.1) is 0 Å². The van der Waals surface area contributed by atoms with Crippen molar-refractivity contribution in [2.45, 2.75) is 57.2 Å². The number of rotatable bonds is 7. The van der Waals surface area contributed by atoms with Gasteiger partial charge in [-0.05, 0) is 19.3 Å². The summed E-state index contributed by atoms with van der Waals surface area (Å²) in [5.74, 6) is -3.34. The highest BCUT2D eigenvalue weighted by Gasteiger charge is 2.40. The predicted octanol–water partition coefficient (Wildman–Crippen LogP) is 0.248. The van der Waals surface area contributed by atoms with Crippen LogP contribution in [-0.4, -0.2) is 93.8 Å². The molecule has 3 heterocycles. The number of hydrogen-bond donors (Lipinski definition) is 3. The van der Waals surface area contributed by atoms with E-state index in [9.17, 15) is 29.4 Å². The quantitative estimate of drug-likeness (QED) is 0.509. The van der Waals surface area contributed by atoms with Gasteiger partial charge >= 0.3 is 5.97 Å². The van der Waals surface area contributed by atoms with Crippen LogP contribution < -0.4 is 10.7 Å². The maximum Gasteiger partial charge on any atom is 0.341 e. The number of pyridine rings is 1. The van der Waals surface area contributed by atoms with Crippen molar-refractivity contribution in [3.05, 3.63) is 27.7 Å². The van der Waals surface area contributed by atoms with Crippen LogP contribution in [0.4, 0.5) is 0 Å². The van der Waals surface area contributed by atoms with Crippen molar-refractivity contribution in [1.29, 1.82) is 0 Å². The SMILES string of the molecule is O=C(O)c1cn2c(c(O)c1=O)C(=O)N(CCCN1CCOCC1)C(C(=O)NC1CCCCC1)C2. The summed E-state index contributed by atoms with van der Waals surface area (Å²) in [5.41, 5.74) is -2.02. The zero-order valence-electron chi connectivity index (χ0n) is 19.2. The molecule has 1 aromatic heterocycles. The maximum atomic E-state index is 13.4. The molecule has 1 atom stereocenters. The Balaban J connectivity index is 1.58. The lowest BCUT2D eigenvalue weighted by molar-refractivity contribution is -0.127. The Morgan fingerprint density at radius 1 is 1.09 bits per heavy atom. The number of aromatic carboxylic acids is 1. The van der Waals surface area contributed by atoms with Gasteiger partial charge in [-0.15, -0.1) is 0 Å². The monoisotopic (exact) mass is 476 g/mol. The molecular formula is C23H32N4O7. The average molecular weight is 477 g/mol. The zero-order valence-corrected chi connectivity index (χ0v) is 19.2. The number of aromatic hydroxyl groups is 1. The van der Waals surface area contributed by atoms with Crippen LogP contribution in [0.1, 0.15) is 59.4 Å². The second-order valence-corrected chi connectivity index (χ2v) is 9.19. The normalized spacial score (nSPS) is 21.8. The summed E-state index contributed by atoms with van der Waals surface area (Å²) < 4.78 is 6.59. The molecule has 1 saturated carbocycles. The van der Waals surface area contributed by atoms with Crippen LogP contribution in [0.25, 0.3) is 0 Å². The minimum absolute atomic E-state index is 0.0364. The molecule has 2 aliphatic heterocycles. The topological polar surface area (TPSA) is 141 Å². The highest BCUT2D eigenvalue weighted by atomic mass is 16.5. The number of amides is 2. The van der Waals surface area contributed by atoms with Crippen molar-refractivity contribution in [2.75, 3.05) is 39.4 Å². The molecule has 0 aromatic carbocycles. The first-order chi connectivity index (χ1) is 16.4. The Hall–Kier alpha value is -2.92. The van der Waals surface area contributed by atoms with Crippen molar-refractivity contribution >= 4 is 17.8 Å². The number of carboxylic acids is 1. The molecule has 0 radical (unpaired) electrons. The van der Waals surface area contributed by atoms with Crippen LogP contribution in [0.3, 0.4) is 0 Å². The molecule has 11 heteroatoms. The van der Waals surface area contributed by atoms with E-state index in [4.69, 9.17) is 4.74 Å². The number of nitrogens with zero attached hydrogens (tertiary/aromatic N) is 3. The Morgan fingerprint density at radius 3 is 2.47 bits per heavy atom. The molecular weight excluding hydrogens is 444 g/mol. The predicted molar refractivity (Wildman–Crippen MR) is 121 cm³/mol. The molecule has 0 bridgehead atoms. The number of carbonyl (C=O) groups is 3. The van der Waals surface area contributed by atoms with Gasteiger partial charge in [-0.25, -0.2) is 4.79 Å². The molecule has 1 aromatic rings. The molecule has 186 valence electrons. The molecule has 4 rings (SSSR count). The van der Waals surface area contributed by atoms with Gasteiger partial charge in [-0.1, -0.05) is 19.3 Å². The van der Waals surface area contributed by atoms with Crippen molar-refractivity contribution in [3.8, 4) is 5.75 Å². The highest BCUT2D eigenvalue weighted by Crippen LogP contribution is 2.25. The summed E-state index contributed by atoms with van der Waals surface area (Å²) in [5, 5.41) is 22.8. The van der Waals surface area contributed by atoms with Gasteiger partial charge in [0.05, 0.1) is 19.8 Å². The lowest BCUT2D eigenvalue weighted by atomic mass is 9.95. The summed E-state index contributed by atoms with van der Waals surface area (Å²) in [4.78, 5) is 54.1. The number of ether oxygens (including phenoxy) is 1. The van der Waals surface area contributed by atoms with E-state index >= 15 is 0 Å². The Bertz CT molecular complexity index is 996. The minimum Gasteiger partial charge on any atom is -0.503 e. The summed E-state index contributed by atoms with van der Waals surface area (Å²) in [6.07, 6.45) is 6.64. The van der Waals surface area contributed by atoms with Crippen LogP contribution in [0.15, 0.2) is 11.0 Å². The van der Waals surface area contributed by atoms with Crippen molar-refractivity contribution in [1.82, 2.24) is 19.7 Å². The molecule has 2 fully saturated rings. The molecule has 2 amide bonds. The van der Waals surface area contributed by atoms with Gasteiger partial charge in [0.2, 0.25) is 11.3 Å². The number of carboxylic acid groups (broad SMARTS) is 1. The lowest BCUT2D eigenvalue weighted by Gasteiger charge is -2.38. The van der Waals surface area contributed by atoms with Gasteiger partial charge in [0, 0.05) is 38.4 Å². The number of hydrogen-bond acceptors (Lipinski definition) is 7. The van der Waals surface area contributed by atoms with Crippen molar-refractivity contribution < 1.29 is 29.3 Å². The molecule has 1 unspecified atom stereocenters. The van der Waals surface area contributed by atoms with Crippen molar-refractivity contribution in [3.63, 3.8) is 0 Å². The summed E-state index contributed by atoms with van der Waals surface area (Å²) in [6.45, 7) is 3.88. The largest absolute Gasteiger partial charge is 0.503 e. The molecule has 34 heavy (non-hydrogen) atoms. The van der Waals surface area contributed by atoms with E-state index in [2.05, 4.69) is 10.2 Å². The second kappa shape index (κ2) is 10.6. The number of morpholine rings is 1. The van der Waals surface area contributed by atoms with E-state index in [-0.39, 0.29) is 30.7 Å². The Labute approximate surface area is 197 Å². The van der Waals surface area contributed by atoms with Crippen molar-refractivity contribution in [2.24, 2.45) is 0 Å². The smallest absolute Gasteiger partial charge is 0.341 e. The van der Waals surface area contributed by atoms with Gasteiger partial charge in [-0.2, -0.15) is 0 Å². The first-order valence-corrected chi connectivity index (χ1v) is 12.0. The Kier molecular flexibility index (Phi) is 7.52. The fourth-order valence-electron chi connectivity index (χ4n) is 5.05. The van der Waals surface area contributed by atoms with E-state index in [1.807, 2.05) is 0 Å². The molecule has 1 saturated heterocycles. The van der Waals surface area contributed by atoms with Gasteiger partial charge in [-0.3, -0.25) is 19.3 Å². The van der Waals surface area contributed by atoms with Gasteiger partial charge in [0.1, 0.15) is 11.6 Å². The molecule has 11 nitrogen and oxygen atoms in total. The lowest BCUT2D eigenvalue weighted by Crippen LogP contribution is -2.57. The first-order valence-electron chi connectivity index (χ1n) is 12.0. The first kappa shape index (κ1) is 24.2. The fraction of sp³-hybridized carbons (Fsp3) is 0.652. The van der Waals surface area contributed by atoms with Crippen LogP contribution in [0.5, 0.6) is 5.75 Å². The molecule has 1 aliphatic carbocycles. The van der Waals surface area contributed by atoms with Gasteiger partial charge in [0.15, 0.2) is 11.4 Å². The molecule has 3 aliphatic rings. The number of carbonyl (C=O) groups excluding carboxylic acids is 2. The second-order valence-electron chi connectivity index (χ2n) is 9.19. The van der Waals surface area contributed by atoms with E-state index in [0.29, 0.717) is 19.6 Å². The standard InChI is InChI=1S/C23H32N4O7/c28-19-16(23(32)33)13-26-14-17(21(30)24-15-5-2-1-3-6-15)27(22(31)18(26)20(19)29)8-4-7-25-9-11-34-12-10-25/h13,15,17,29H,1-12,14H2,(H,24,30)(H,32,33). The fourth-order valence-corrected chi connectivity index (χ4v) is 5.05. The number of aromatic nitrogens is 1. The third kappa shape index (κ3) is 5.10. The van der Waals surface area contributed by atoms with E-state index < -0.39 is 34.7 Å². The molecule has 3 N–H and O–H groups in total. The summed E-state index contributed by atoms with van der Waals surface area (Å²) in [6, 6.07) is -0.819. The minimum atomic E-state index is -1.50. The van der Waals surface area contributed by atoms with Crippen LogP contribution in [0.2, 0.25) is 0 Å². The third-order valence-corrected chi connectivity index (χ3v) is 6.93. The van der Waals surface area contributed by atoms with E-state index in [1.165, 1.54) is 9.47 Å². The average Bonchev–Trinajstić information content (AvgIpc) is 2.83. The number of nitrogens with one attached hydrogen (secondary N) is 1. The van der Waals surface area contributed by atoms with Crippen LogP contribution >= 0.6 is 0 Å². The Morgan fingerprint density at radius 2 is 1.79 bits per heavy atom. The highest BCUT2D eigenvalue weighted by molar-refractivity contribution is 6.00. The molecule has 0 spiro atoms. The van der Waals surface area contributed by atoms with E-state index in [1.54, 1.807) is 0 Å². The maximum absolute atomic E-state index is 13.4. The van der Waals surface area contributed by atoms with Crippen LogP contribution in [-0.2, 0) is 16.1 Å². The summed E-state index contributed by atoms with van der Waals surface area (Å²) >= 11 is 0. The zero-order chi connectivity index (χ0) is 24.2. The summed E-state index contributed by atoms with van der Waals surface area (Å²) in [7, 11) is 0.